The first-order chi connectivity index (χ1) is 9.49. The van der Waals surface area contributed by atoms with Crippen molar-refractivity contribution in [3.05, 3.63) is 52.7 Å². The number of carboxylic acids is 1. The number of nitrogens with zero attached hydrogens (tertiary/aromatic N) is 1. The van der Waals surface area contributed by atoms with E-state index in [9.17, 15) is 4.79 Å². The van der Waals surface area contributed by atoms with Crippen LogP contribution in [0.2, 0.25) is 5.15 Å². The van der Waals surface area contributed by atoms with Crippen molar-refractivity contribution in [3.63, 3.8) is 0 Å². The van der Waals surface area contributed by atoms with Crippen LogP contribution in [0.5, 0.6) is 11.6 Å². The van der Waals surface area contributed by atoms with E-state index < -0.39 is 5.97 Å². The lowest BCUT2D eigenvalue weighted by Gasteiger charge is -2.14. The van der Waals surface area contributed by atoms with Crippen LogP contribution in [0.15, 0.2) is 36.4 Å². The maximum Gasteiger partial charge on any atom is 0.341 e. The molecular formula is C15H14ClNO3. The lowest BCUT2D eigenvalue weighted by atomic mass is 10.0. The second-order valence-corrected chi connectivity index (χ2v) is 4.97. The summed E-state index contributed by atoms with van der Waals surface area (Å²) in [5.74, 6) is -0.275. The van der Waals surface area contributed by atoms with Crippen molar-refractivity contribution in [3.8, 4) is 11.6 Å². The molecule has 0 aliphatic rings. The van der Waals surface area contributed by atoms with Gasteiger partial charge in [-0.1, -0.05) is 43.6 Å². The molecule has 1 N–H and O–H groups in total. The lowest BCUT2D eigenvalue weighted by molar-refractivity contribution is 0.0693. The molecular weight excluding hydrogens is 278 g/mol. The van der Waals surface area contributed by atoms with Crippen LogP contribution in [0.3, 0.4) is 0 Å². The van der Waals surface area contributed by atoms with Gasteiger partial charge in [0, 0.05) is 0 Å². The van der Waals surface area contributed by atoms with Crippen molar-refractivity contribution < 1.29 is 14.6 Å². The number of ether oxygens (including phenoxy) is 1. The van der Waals surface area contributed by atoms with Gasteiger partial charge < -0.3 is 9.84 Å². The van der Waals surface area contributed by atoms with Gasteiger partial charge in [0.2, 0.25) is 5.88 Å². The molecule has 5 heteroatoms. The second kappa shape index (κ2) is 5.92. The maximum atomic E-state index is 11.2. The van der Waals surface area contributed by atoms with Crippen LogP contribution in [0.4, 0.5) is 0 Å². The van der Waals surface area contributed by atoms with E-state index in [-0.39, 0.29) is 22.5 Å². The van der Waals surface area contributed by atoms with E-state index in [0.717, 1.165) is 5.56 Å². The third-order valence-corrected chi connectivity index (χ3v) is 3.01. The van der Waals surface area contributed by atoms with Crippen molar-refractivity contribution in [2.45, 2.75) is 19.8 Å². The van der Waals surface area contributed by atoms with Crippen LogP contribution < -0.4 is 4.74 Å². The normalized spacial score (nSPS) is 10.6. The number of aromatic carboxylic acids is 1. The van der Waals surface area contributed by atoms with Gasteiger partial charge >= 0.3 is 5.97 Å². The summed E-state index contributed by atoms with van der Waals surface area (Å²) in [6.45, 7) is 4.07. The Hall–Kier alpha value is -2.07. The van der Waals surface area contributed by atoms with Gasteiger partial charge in [-0.15, -0.1) is 0 Å². The van der Waals surface area contributed by atoms with Crippen LogP contribution in [0, 0.1) is 0 Å². The number of aromatic nitrogens is 1. The summed E-state index contributed by atoms with van der Waals surface area (Å²) in [6, 6.07) is 10.3. The molecule has 0 fully saturated rings. The van der Waals surface area contributed by atoms with E-state index in [0.29, 0.717) is 5.75 Å². The SMILES string of the molecule is CC(C)c1ccccc1Oc1nc(Cl)ccc1C(=O)O. The van der Waals surface area contributed by atoms with E-state index in [1.807, 2.05) is 32.0 Å². The van der Waals surface area contributed by atoms with Gasteiger partial charge in [0.05, 0.1) is 0 Å². The predicted molar refractivity (Wildman–Crippen MR) is 76.8 cm³/mol. The molecule has 20 heavy (non-hydrogen) atoms. The maximum absolute atomic E-state index is 11.2. The zero-order chi connectivity index (χ0) is 14.7. The summed E-state index contributed by atoms with van der Waals surface area (Å²) in [6.07, 6.45) is 0. The highest BCUT2D eigenvalue weighted by atomic mass is 35.5. The average molecular weight is 292 g/mol. The molecule has 0 bridgehead atoms. The minimum Gasteiger partial charge on any atom is -0.477 e. The molecule has 0 radical (unpaired) electrons. The first kappa shape index (κ1) is 14.3. The summed E-state index contributed by atoms with van der Waals surface area (Å²) >= 11 is 5.81. The summed E-state index contributed by atoms with van der Waals surface area (Å²) in [4.78, 5) is 15.1. The summed E-state index contributed by atoms with van der Waals surface area (Å²) in [5.41, 5.74) is 0.957. The van der Waals surface area contributed by atoms with Crippen molar-refractivity contribution in [2.75, 3.05) is 0 Å². The Bertz CT molecular complexity index is 641. The van der Waals surface area contributed by atoms with E-state index in [1.54, 1.807) is 6.07 Å². The van der Waals surface area contributed by atoms with Crippen LogP contribution in [0.25, 0.3) is 0 Å². The molecule has 0 spiro atoms. The lowest BCUT2D eigenvalue weighted by Crippen LogP contribution is -2.03. The highest BCUT2D eigenvalue weighted by Gasteiger charge is 2.16. The Labute approximate surface area is 122 Å². The smallest absolute Gasteiger partial charge is 0.341 e. The number of benzene rings is 1. The van der Waals surface area contributed by atoms with Crippen LogP contribution >= 0.6 is 11.6 Å². The molecule has 2 rings (SSSR count). The monoisotopic (exact) mass is 291 g/mol. The van der Waals surface area contributed by atoms with Crippen molar-refractivity contribution in [2.24, 2.45) is 0 Å². The largest absolute Gasteiger partial charge is 0.477 e. The zero-order valence-electron chi connectivity index (χ0n) is 11.1. The number of hydrogen-bond acceptors (Lipinski definition) is 3. The number of carboxylic acid groups (broad SMARTS) is 1. The molecule has 0 saturated heterocycles. The van der Waals surface area contributed by atoms with Gasteiger partial charge in [-0.2, -0.15) is 0 Å². The van der Waals surface area contributed by atoms with E-state index in [4.69, 9.17) is 21.4 Å². The molecule has 1 aromatic carbocycles. The summed E-state index contributed by atoms with van der Waals surface area (Å²) in [7, 11) is 0. The van der Waals surface area contributed by atoms with Crippen molar-refractivity contribution in [1.82, 2.24) is 4.98 Å². The topological polar surface area (TPSA) is 59.4 Å². The second-order valence-electron chi connectivity index (χ2n) is 4.59. The van der Waals surface area contributed by atoms with Crippen molar-refractivity contribution in [1.29, 1.82) is 0 Å². The Morgan fingerprint density at radius 1 is 1.25 bits per heavy atom. The van der Waals surface area contributed by atoms with Crippen LogP contribution in [-0.2, 0) is 0 Å². The molecule has 0 amide bonds. The summed E-state index contributed by atoms with van der Waals surface area (Å²) in [5, 5.41) is 9.34. The Morgan fingerprint density at radius 3 is 2.60 bits per heavy atom. The molecule has 104 valence electrons. The number of halogens is 1. The molecule has 1 heterocycles. The Morgan fingerprint density at radius 2 is 1.95 bits per heavy atom. The van der Waals surface area contributed by atoms with Crippen LogP contribution in [-0.4, -0.2) is 16.1 Å². The Balaban J connectivity index is 2.45. The molecule has 0 aliphatic heterocycles. The fourth-order valence-electron chi connectivity index (χ4n) is 1.81. The molecule has 0 aliphatic carbocycles. The fraction of sp³-hybridized carbons (Fsp3) is 0.200. The van der Waals surface area contributed by atoms with Gasteiger partial charge in [0.15, 0.2) is 0 Å². The average Bonchev–Trinajstić information content (AvgIpc) is 2.38. The van der Waals surface area contributed by atoms with Gasteiger partial charge in [-0.3, -0.25) is 0 Å². The van der Waals surface area contributed by atoms with Crippen LogP contribution in [0.1, 0.15) is 35.7 Å². The minimum atomic E-state index is -1.11. The van der Waals surface area contributed by atoms with E-state index in [2.05, 4.69) is 4.98 Å². The third kappa shape index (κ3) is 3.08. The van der Waals surface area contributed by atoms with E-state index >= 15 is 0 Å². The third-order valence-electron chi connectivity index (χ3n) is 2.80. The fourth-order valence-corrected chi connectivity index (χ4v) is 1.95. The minimum absolute atomic E-state index is 0.00176. The molecule has 2 aromatic rings. The molecule has 0 atom stereocenters. The predicted octanol–water partition coefficient (Wildman–Crippen LogP) is 4.35. The standard InChI is InChI=1S/C15H14ClNO3/c1-9(2)10-5-3-4-6-12(10)20-14-11(15(18)19)7-8-13(16)17-14/h3-9H,1-2H3,(H,18,19). The zero-order valence-corrected chi connectivity index (χ0v) is 11.9. The molecule has 0 unspecified atom stereocenters. The van der Waals surface area contributed by atoms with Gasteiger partial charge in [-0.05, 0) is 29.7 Å². The number of hydrogen-bond donors (Lipinski definition) is 1. The van der Waals surface area contributed by atoms with Gasteiger partial charge in [0.25, 0.3) is 0 Å². The van der Waals surface area contributed by atoms with Gasteiger partial charge in [-0.25, -0.2) is 9.78 Å². The number of pyridine rings is 1. The summed E-state index contributed by atoms with van der Waals surface area (Å²) < 4.78 is 5.67. The molecule has 4 nitrogen and oxygen atoms in total. The quantitative estimate of drug-likeness (QED) is 0.851. The highest BCUT2D eigenvalue weighted by molar-refractivity contribution is 6.29. The van der Waals surface area contributed by atoms with Crippen molar-refractivity contribution >= 4 is 17.6 Å². The molecule has 1 aromatic heterocycles. The number of para-hydroxylation sites is 1. The first-order valence-electron chi connectivity index (χ1n) is 6.15. The number of rotatable bonds is 4. The van der Waals surface area contributed by atoms with Gasteiger partial charge in [0.1, 0.15) is 16.5 Å². The highest BCUT2D eigenvalue weighted by Crippen LogP contribution is 2.31. The van der Waals surface area contributed by atoms with E-state index in [1.165, 1.54) is 12.1 Å². The number of carbonyl (C=O) groups is 1. The molecule has 0 saturated carbocycles. The first-order valence-corrected chi connectivity index (χ1v) is 6.53. The Kier molecular flexibility index (Phi) is 4.25.